The number of aliphatic hydroxyl groups is 2. The van der Waals surface area contributed by atoms with Crippen molar-refractivity contribution in [2.45, 2.75) is 283 Å². The number of unbranched alkanes of at least 4 members (excludes halogenated alkanes) is 35. The van der Waals surface area contributed by atoms with Gasteiger partial charge in [-0.05, 0) is 32.1 Å². The van der Waals surface area contributed by atoms with Gasteiger partial charge in [0.25, 0.3) is 0 Å². The normalized spacial score (nSPS) is 12.7. The van der Waals surface area contributed by atoms with Crippen LogP contribution >= 0.6 is 0 Å². The summed E-state index contributed by atoms with van der Waals surface area (Å²) in [6.45, 7) is 4.84. The van der Waals surface area contributed by atoms with Crippen LogP contribution in [-0.4, -0.2) is 47.4 Å². The first-order chi connectivity index (χ1) is 27.5. The second-order valence-corrected chi connectivity index (χ2v) is 17.2. The van der Waals surface area contributed by atoms with Crippen molar-refractivity contribution in [2.24, 2.45) is 0 Å². The number of ether oxygens (including phenoxy) is 1. The van der Waals surface area contributed by atoms with Crippen LogP contribution < -0.4 is 5.32 Å². The first-order valence-electron chi connectivity index (χ1n) is 25.0. The Morgan fingerprint density at radius 3 is 1.21 bits per heavy atom. The van der Waals surface area contributed by atoms with Crippen LogP contribution in [0.3, 0.4) is 0 Å². The molecule has 2 unspecified atom stereocenters. The minimum Gasteiger partial charge on any atom is -0.466 e. The lowest BCUT2D eigenvalue weighted by atomic mass is 10.0. The molecule has 0 aliphatic carbocycles. The molecule has 0 aromatic rings. The Morgan fingerprint density at radius 1 is 0.482 bits per heavy atom. The van der Waals surface area contributed by atoms with Gasteiger partial charge in [0.1, 0.15) is 0 Å². The van der Waals surface area contributed by atoms with Crippen molar-refractivity contribution in [3.63, 3.8) is 0 Å². The molecule has 56 heavy (non-hydrogen) atoms. The van der Waals surface area contributed by atoms with Gasteiger partial charge in [-0.25, -0.2) is 0 Å². The van der Waals surface area contributed by atoms with Crippen molar-refractivity contribution in [3.05, 3.63) is 12.2 Å². The number of aliphatic hydroxyl groups excluding tert-OH is 2. The van der Waals surface area contributed by atoms with Gasteiger partial charge in [0.2, 0.25) is 5.91 Å². The summed E-state index contributed by atoms with van der Waals surface area (Å²) in [6, 6.07) is -0.645. The maximum atomic E-state index is 12.4. The van der Waals surface area contributed by atoms with E-state index in [0.29, 0.717) is 19.4 Å². The highest BCUT2D eigenvalue weighted by atomic mass is 16.5. The standard InChI is InChI=1S/C50H97NO5/c1-3-5-7-9-11-13-15-17-18-19-20-21-22-24-28-32-36-40-44-50(55)56-45-41-37-33-29-25-27-31-35-39-43-49(54)51-47(46-52)48(53)42-38-34-30-26-23-16-14-12-10-8-6-4-2/h38,42,47-48,52-53H,3-37,39-41,43-46H2,1-2H3,(H,51,54)/b42-38+. The average molecular weight is 792 g/mol. The Labute approximate surface area is 349 Å². The molecular weight excluding hydrogens is 695 g/mol. The zero-order valence-electron chi connectivity index (χ0n) is 37.6. The Hall–Kier alpha value is -1.40. The van der Waals surface area contributed by atoms with Crippen LogP contribution in [0.1, 0.15) is 271 Å². The molecule has 6 heteroatoms. The SMILES string of the molecule is CCCCCCCCCCCC/C=C/C(O)C(CO)NC(=O)CCCCCCCCCCCOC(=O)CCCCCCCCCCCCCCCCCCCC. The van der Waals surface area contributed by atoms with Gasteiger partial charge in [-0.3, -0.25) is 9.59 Å². The molecule has 2 atom stereocenters. The fourth-order valence-electron chi connectivity index (χ4n) is 7.69. The Balaban J connectivity index is 3.47. The summed E-state index contributed by atoms with van der Waals surface area (Å²) in [5, 5.41) is 23.0. The lowest BCUT2D eigenvalue weighted by molar-refractivity contribution is -0.143. The van der Waals surface area contributed by atoms with Crippen LogP contribution in [0.5, 0.6) is 0 Å². The summed E-state index contributed by atoms with van der Waals surface area (Å²) in [5.74, 6) is -0.118. The van der Waals surface area contributed by atoms with Crippen LogP contribution in [0, 0.1) is 0 Å². The third-order valence-corrected chi connectivity index (χ3v) is 11.6. The van der Waals surface area contributed by atoms with Crippen LogP contribution in [0.25, 0.3) is 0 Å². The van der Waals surface area contributed by atoms with Gasteiger partial charge in [-0.15, -0.1) is 0 Å². The molecule has 3 N–H and O–H groups in total. The molecule has 0 aliphatic rings. The Kier molecular flexibility index (Phi) is 45.1. The first kappa shape index (κ1) is 54.6. The molecule has 0 fully saturated rings. The zero-order chi connectivity index (χ0) is 40.8. The van der Waals surface area contributed by atoms with Crippen molar-refractivity contribution in [3.8, 4) is 0 Å². The van der Waals surface area contributed by atoms with Crippen molar-refractivity contribution >= 4 is 11.9 Å². The summed E-state index contributed by atoms with van der Waals surface area (Å²) < 4.78 is 5.46. The number of hydrogen-bond acceptors (Lipinski definition) is 5. The third-order valence-electron chi connectivity index (χ3n) is 11.6. The van der Waals surface area contributed by atoms with E-state index < -0.39 is 12.1 Å². The van der Waals surface area contributed by atoms with Gasteiger partial charge in [0.05, 0.1) is 25.4 Å². The Bertz CT molecular complexity index is 832. The fraction of sp³-hybridized carbons (Fsp3) is 0.920. The number of amides is 1. The summed E-state index contributed by atoms with van der Waals surface area (Å²) >= 11 is 0. The average Bonchev–Trinajstić information content (AvgIpc) is 3.20. The fourth-order valence-corrected chi connectivity index (χ4v) is 7.69. The van der Waals surface area contributed by atoms with Crippen LogP contribution in [0.4, 0.5) is 0 Å². The predicted octanol–water partition coefficient (Wildman–Crippen LogP) is 14.6. The molecule has 0 bridgehead atoms. The zero-order valence-corrected chi connectivity index (χ0v) is 37.6. The molecule has 0 rings (SSSR count). The lowest BCUT2D eigenvalue weighted by Gasteiger charge is -2.20. The van der Waals surface area contributed by atoms with Crippen LogP contribution in [0.2, 0.25) is 0 Å². The summed E-state index contributed by atoms with van der Waals surface area (Å²) in [7, 11) is 0. The van der Waals surface area contributed by atoms with Crippen LogP contribution in [-0.2, 0) is 14.3 Å². The van der Waals surface area contributed by atoms with Gasteiger partial charge in [-0.1, -0.05) is 238 Å². The second kappa shape index (κ2) is 46.3. The summed E-state index contributed by atoms with van der Waals surface area (Å²) in [5.41, 5.74) is 0. The molecular formula is C50H97NO5. The van der Waals surface area contributed by atoms with E-state index in [1.54, 1.807) is 6.08 Å². The molecule has 0 radical (unpaired) electrons. The molecule has 0 aliphatic heterocycles. The topological polar surface area (TPSA) is 95.9 Å². The van der Waals surface area contributed by atoms with E-state index in [1.165, 1.54) is 186 Å². The van der Waals surface area contributed by atoms with Crippen molar-refractivity contribution in [2.75, 3.05) is 13.2 Å². The summed E-state index contributed by atoms with van der Waals surface area (Å²) in [4.78, 5) is 24.4. The number of rotatable bonds is 46. The lowest BCUT2D eigenvalue weighted by Crippen LogP contribution is -2.45. The highest BCUT2D eigenvalue weighted by Gasteiger charge is 2.18. The minimum absolute atomic E-state index is 0.0233. The molecule has 0 aromatic carbocycles. The second-order valence-electron chi connectivity index (χ2n) is 17.2. The molecule has 332 valence electrons. The van der Waals surface area contributed by atoms with E-state index in [0.717, 1.165) is 57.8 Å². The molecule has 6 nitrogen and oxygen atoms in total. The molecule has 1 amide bonds. The number of carbonyl (C=O) groups is 2. The van der Waals surface area contributed by atoms with E-state index in [9.17, 15) is 19.8 Å². The minimum atomic E-state index is -0.859. The van der Waals surface area contributed by atoms with Gasteiger partial charge < -0.3 is 20.3 Å². The number of nitrogens with one attached hydrogen (secondary N) is 1. The number of esters is 1. The van der Waals surface area contributed by atoms with Gasteiger partial charge in [0.15, 0.2) is 0 Å². The largest absolute Gasteiger partial charge is 0.466 e. The Morgan fingerprint density at radius 2 is 0.821 bits per heavy atom. The maximum absolute atomic E-state index is 12.4. The maximum Gasteiger partial charge on any atom is 0.305 e. The molecule has 0 heterocycles. The molecule has 0 saturated heterocycles. The van der Waals surface area contributed by atoms with E-state index >= 15 is 0 Å². The quantitative estimate of drug-likeness (QED) is 0.0324. The van der Waals surface area contributed by atoms with Gasteiger partial charge in [0, 0.05) is 12.8 Å². The van der Waals surface area contributed by atoms with Crippen molar-refractivity contribution in [1.29, 1.82) is 0 Å². The van der Waals surface area contributed by atoms with E-state index in [1.807, 2.05) is 6.08 Å². The molecule has 0 aromatic heterocycles. The molecule has 0 spiro atoms. The first-order valence-corrected chi connectivity index (χ1v) is 25.0. The number of allylic oxidation sites excluding steroid dienone is 1. The monoisotopic (exact) mass is 792 g/mol. The number of carbonyl (C=O) groups excluding carboxylic acids is 2. The molecule has 0 saturated carbocycles. The highest BCUT2D eigenvalue weighted by Crippen LogP contribution is 2.16. The van der Waals surface area contributed by atoms with E-state index in [2.05, 4.69) is 19.2 Å². The van der Waals surface area contributed by atoms with E-state index in [-0.39, 0.29) is 18.5 Å². The van der Waals surface area contributed by atoms with Gasteiger partial charge >= 0.3 is 5.97 Å². The van der Waals surface area contributed by atoms with Gasteiger partial charge in [-0.2, -0.15) is 0 Å². The smallest absolute Gasteiger partial charge is 0.305 e. The van der Waals surface area contributed by atoms with Crippen LogP contribution in [0.15, 0.2) is 12.2 Å². The van der Waals surface area contributed by atoms with Crippen molar-refractivity contribution in [1.82, 2.24) is 5.32 Å². The van der Waals surface area contributed by atoms with Crippen molar-refractivity contribution < 1.29 is 24.5 Å². The third kappa shape index (κ3) is 42.2. The number of hydrogen-bond donors (Lipinski definition) is 3. The highest BCUT2D eigenvalue weighted by molar-refractivity contribution is 5.76. The predicted molar refractivity (Wildman–Crippen MR) is 241 cm³/mol. The summed E-state index contributed by atoms with van der Waals surface area (Å²) in [6.07, 6.45) is 52.1. The van der Waals surface area contributed by atoms with E-state index in [4.69, 9.17) is 4.74 Å².